The second-order valence-corrected chi connectivity index (χ2v) is 5.58. The molecule has 19 heavy (non-hydrogen) atoms. The molecule has 1 saturated carbocycles. The summed E-state index contributed by atoms with van der Waals surface area (Å²) < 4.78 is 5.98. The van der Waals surface area contributed by atoms with Gasteiger partial charge in [0.25, 0.3) is 0 Å². The lowest BCUT2D eigenvalue weighted by atomic mass is 10.1. The zero-order chi connectivity index (χ0) is 13.8. The minimum absolute atomic E-state index is 0.150. The van der Waals surface area contributed by atoms with E-state index >= 15 is 0 Å². The van der Waals surface area contributed by atoms with Crippen LogP contribution in [-0.2, 0) is 0 Å². The summed E-state index contributed by atoms with van der Waals surface area (Å²) in [4.78, 5) is 0. The van der Waals surface area contributed by atoms with Gasteiger partial charge in [-0.2, -0.15) is 0 Å². The summed E-state index contributed by atoms with van der Waals surface area (Å²) in [6.07, 6.45) is 3.91. The molecule has 2 unspecified atom stereocenters. The zero-order valence-electron chi connectivity index (χ0n) is 11.8. The van der Waals surface area contributed by atoms with Crippen LogP contribution in [0.1, 0.15) is 56.3 Å². The molecule has 1 fully saturated rings. The third-order valence-corrected chi connectivity index (χ3v) is 3.81. The Morgan fingerprint density at radius 3 is 2.68 bits per heavy atom. The molecule has 1 aromatic rings. The van der Waals surface area contributed by atoms with E-state index in [-0.39, 0.29) is 6.10 Å². The van der Waals surface area contributed by atoms with E-state index in [1.54, 1.807) is 6.92 Å². The van der Waals surface area contributed by atoms with Crippen LogP contribution in [0.25, 0.3) is 0 Å². The molecular weight excluding hydrogens is 240 g/mol. The Bertz CT molecular complexity index is 414. The number of rotatable bonds is 3. The number of hydrogen-bond donors (Lipinski definition) is 2. The molecule has 1 aliphatic rings. The van der Waals surface area contributed by atoms with Gasteiger partial charge in [-0.25, -0.2) is 0 Å². The van der Waals surface area contributed by atoms with Gasteiger partial charge in [-0.3, -0.25) is 0 Å². The molecule has 3 nitrogen and oxygen atoms in total. The first-order chi connectivity index (χ1) is 9.08. The highest BCUT2D eigenvalue weighted by Gasteiger charge is 2.24. The highest BCUT2D eigenvalue weighted by Crippen LogP contribution is 2.30. The molecule has 0 aliphatic heterocycles. The van der Waals surface area contributed by atoms with Gasteiger partial charge in [0.15, 0.2) is 0 Å². The van der Waals surface area contributed by atoms with E-state index in [0.717, 1.165) is 43.2 Å². The molecule has 1 aliphatic carbocycles. The van der Waals surface area contributed by atoms with Gasteiger partial charge in [0, 0.05) is 5.56 Å². The predicted octanol–water partition coefficient (Wildman–Crippen LogP) is 3.12. The summed E-state index contributed by atoms with van der Waals surface area (Å²) in [6, 6.07) is 5.82. The molecule has 3 atom stereocenters. The number of aliphatic hydroxyl groups is 2. The number of hydrogen-bond acceptors (Lipinski definition) is 3. The molecule has 0 saturated heterocycles. The molecule has 1 aromatic carbocycles. The highest BCUT2D eigenvalue weighted by atomic mass is 16.5. The summed E-state index contributed by atoms with van der Waals surface area (Å²) in [5.74, 6) is 0.701. The van der Waals surface area contributed by atoms with Crippen LogP contribution in [0.15, 0.2) is 18.2 Å². The molecule has 0 aromatic heterocycles. The van der Waals surface area contributed by atoms with Crippen LogP contribution in [0.5, 0.6) is 5.75 Å². The SMILES string of the molecule is Cc1ccc(OC2CCCCCC2O)c([C@H](C)O)c1. The van der Waals surface area contributed by atoms with Crippen molar-refractivity contribution in [2.45, 2.75) is 64.3 Å². The first-order valence-electron chi connectivity index (χ1n) is 7.21. The number of aliphatic hydroxyl groups excluding tert-OH is 2. The maximum Gasteiger partial charge on any atom is 0.125 e. The molecule has 3 heteroatoms. The molecule has 0 spiro atoms. The van der Waals surface area contributed by atoms with E-state index < -0.39 is 12.2 Å². The average Bonchev–Trinajstić information content (AvgIpc) is 2.57. The van der Waals surface area contributed by atoms with Gasteiger partial charge in [-0.05, 0) is 45.2 Å². The third-order valence-electron chi connectivity index (χ3n) is 3.81. The Morgan fingerprint density at radius 2 is 1.95 bits per heavy atom. The Kier molecular flexibility index (Phi) is 4.83. The van der Waals surface area contributed by atoms with E-state index in [4.69, 9.17) is 4.74 Å². The van der Waals surface area contributed by atoms with Crippen LogP contribution in [0.4, 0.5) is 0 Å². The number of aryl methyl sites for hydroxylation is 1. The molecule has 2 N–H and O–H groups in total. The Hall–Kier alpha value is -1.06. The van der Waals surface area contributed by atoms with Crippen LogP contribution in [0, 0.1) is 6.92 Å². The minimum atomic E-state index is -0.558. The van der Waals surface area contributed by atoms with Crippen LogP contribution in [0.3, 0.4) is 0 Å². The fourth-order valence-electron chi connectivity index (χ4n) is 2.66. The maximum absolute atomic E-state index is 10.1. The van der Waals surface area contributed by atoms with E-state index in [1.165, 1.54) is 0 Å². The van der Waals surface area contributed by atoms with E-state index in [1.807, 2.05) is 25.1 Å². The third kappa shape index (κ3) is 3.71. The molecule has 0 bridgehead atoms. The highest BCUT2D eigenvalue weighted by molar-refractivity contribution is 5.38. The van der Waals surface area contributed by atoms with Gasteiger partial charge in [0.05, 0.1) is 12.2 Å². The Labute approximate surface area is 115 Å². The van der Waals surface area contributed by atoms with Gasteiger partial charge in [0.2, 0.25) is 0 Å². The summed E-state index contributed by atoms with van der Waals surface area (Å²) >= 11 is 0. The summed E-state index contributed by atoms with van der Waals surface area (Å²) in [6.45, 7) is 3.74. The van der Waals surface area contributed by atoms with E-state index in [0.29, 0.717) is 5.75 Å². The van der Waals surface area contributed by atoms with Crippen molar-refractivity contribution in [2.24, 2.45) is 0 Å². The summed E-state index contributed by atoms with van der Waals surface area (Å²) in [5.41, 5.74) is 1.90. The second-order valence-electron chi connectivity index (χ2n) is 5.58. The number of ether oxygens (including phenoxy) is 1. The van der Waals surface area contributed by atoms with Gasteiger partial charge in [-0.1, -0.05) is 24.5 Å². The van der Waals surface area contributed by atoms with Crippen LogP contribution < -0.4 is 4.74 Å². The quantitative estimate of drug-likeness (QED) is 0.825. The van der Waals surface area contributed by atoms with Crippen molar-refractivity contribution in [3.63, 3.8) is 0 Å². The number of benzene rings is 1. The molecular formula is C16H24O3. The van der Waals surface area contributed by atoms with E-state index in [9.17, 15) is 10.2 Å². The van der Waals surface area contributed by atoms with Crippen molar-refractivity contribution in [1.29, 1.82) is 0 Å². The predicted molar refractivity (Wildman–Crippen MR) is 75.3 cm³/mol. The first-order valence-corrected chi connectivity index (χ1v) is 7.21. The average molecular weight is 264 g/mol. The fourth-order valence-corrected chi connectivity index (χ4v) is 2.66. The molecule has 2 rings (SSSR count). The zero-order valence-corrected chi connectivity index (χ0v) is 11.8. The summed E-state index contributed by atoms with van der Waals surface area (Å²) in [5, 5.41) is 19.9. The molecule has 0 heterocycles. The van der Waals surface area contributed by atoms with Gasteiger partial charge in [0.1, 0.15) is 11.9 Å². The van der Waals surface area contributed by atoms with Crippen molar-refractivity contribution in [3.05, 3.63) is 29.3 Å². The lowest BCUT2D eigenvalue weighted by molar-refractivity contribution is 0.0299. The van der Waals surface area contributed by atoms with Gasteiger partial charge >= 0.3 is 0 Å². The fraction of sp³-hybridized carbons (Fsp3) is 0.625. The van der Waals surface area contributed by atoms with Crippen LogP contribution >= 0.6 is 0 Å². The van der Waals surface area contributed by atoms with E-state index in [2.05, 4.69) is 0 Å². The van der Waals surface area contributed by atoms with Gasteiger partial charge < -0.3 is 14.9 Å². The van der Waals surface area contributed by atoms with Crippen LogP contribution in [-0.4, -0.2) is 22.4 Å². The van der Waals surface area contributed by atoms with Gasteiger partial charge in [-0.15, -0.1) is 0 Å². The van der Waals surface area contributed by atoms with Crippen molar-refractivity contribution in [2.75, 3.05) is 0 Å². The second kappa shape index (κ2) is 6.40. The smallest absolute Gasteiger partial charge is 0.125 e. The topological polar surface area (TPSA) is 49.7 Å². The lowest BCUT2D eigenvalue weighted by Gasteiger charge is -2.24. The molecule has 106 valence electrons. The minimum Gasteiger partial charge on any atom is -0.487 e. The largest absolute Gasteiger partial charge is 0.487 e. The Balaban J connectivity index is 2.17. The van der Waals surface area contributed by atoms with Crippen molar-refractivity contribution >= 4 is 0 Å². The van der Waals surface area contributed by atoms with Crippen molar-refractivity contribution in [3.8, 4) is 5.75 Å². The standard InChI is InChI=1S/C16H24O3/c1-11-8-9-15(13(10-11)12(2)17)19-16-7-5-3-4-6-14(16)18/h8-10,12,14,16-18H,3-7H2,1-2H3/t12-,14?,16?/m0/s1. The molecule has 0 radical (unpaired) electrons. The van der Waals surface area contributed by atoms with Crippen LogP contribution in [0.2, 0.25) is 0 Å². The lowest BCUT2D eigenvalue weighted by Crippen LogP contribution is -2.30. The monoisotopic (exact) mass is 264 g/mol. The molecule has 0 amide bonds. The maximum atomic E-state index is 10.1. The normalized spacial score (nSPS) is 25.7. The Morgan fingerprint density at radius 1 is 1.21 bits per heavy atom. The first kappa shape index (κ1) is 14.4. The summed E-state index contributed by atoms with van der Waals surface area (Å²) in [7, 11) is 0. The van der Waals surface area contributed by atoms with Crippen molar-refractivity contribution in [1.82, 2.24) is 0 Å². The van der Waals surface area contributed by atoms with Crippen molar-refractivity contribution < 1.29 is 14.9 Å².